The second-order valence-corrected chi connectivity index (χ2v) is 6.35. The van der Waals surface area contributed by atoms with Gasteiger partial charge in [-0.1, -0.05) is 5.16 Å². The van der Waals surface area contributed by atoms with Crippen molar-refractivity contribution in [2.45, 2.75) is 25.7 Å². The van der Waals surface area contributed by atoms with Crippen molar-refractivity contribution in [3.63, 3.8) is 0 Å². The Morgan fingerprint density at radius 1 is 1.14 bits per heavy atom. The number of rotatable bonds is 5. The fourth-order valence-corrected chi connectivity index (χ4v) is 3.69. The van der Waals surface area contributed by atoms with Crippen molar-refractivity contribution in [1.29, 1.82) is 0 Å². The second-order valence-electron chi connectivity index (χ2n) is 4.73. The van der Waals surface area contributed by atoms with Crippen molar-refractivity contribution in [1.82, 2.24) is 5.16 Å². The third-order valence-electron chi connectivity index (χ3n) is 3.26. The molecule has 0 aliphatic carbocycles. The van der Waals surface area contributed by atoms with Gasteiger partial charge in [-0.2, -0.15) is 0 Å². The van der Waals surface area contributed by atoms with Crippen LogP contribution in [0.5, 0.6) is 11.5 Å². The Hall–Kier alpha value is -2.22. The number of benzene rings is 1. The van der Waals surface area contributed by atoms with Crippen LogP contribution in [0.4, 0.5) is 5.69 Å². The fourth-order valence-electron chi connectivity index (χ4n) is 2.29. The van der Waals surface area contributed by atoms with E-state index in [1.807, 2.05) is 0 Å². The highest BCUT2D eigenvalue weighted by molar-refractivity contribution is 7.92. The van der Waals surface area contributed by atoms with Gasteiger partial charge in [-0.3, -0.25) is 4.72 Å². The number of ether oxygens (including phenoxy) is 2. The highest BCUT2D eigenvalue weighted by Gasteiger charge is 2.26. The molecule has 1 aromatic carbocycles. The van der Waals surface area contributed by atoms with Crippen LogP contribution in [-0.2, 0) is 10.0 Å². The predicted molar refractivity (Wildman–Crippen MR) is 81.1 cm³/mol. The van der Waals surface area contributed by atoms with Crippen LogP contribution in [0.2, 0.25) is 0 Å². The van der Waals surface area contributed by atoms with Gasteiger partial charge in [-0.05, 0) is 32.9 Å². The quantitative estimate of drug-likeness (QED) is 0.907. The van der Waals surface area contributed by atoms with E-state index in [2.05, 4.69) is 9.88 Å². The molecule has 8 heteroatoms. The molecule has 0 spiro atoms. The van der Waals surface area contributed by atoms with Gasteiger partial charge in [0.05, 0.1) is 19.9 Å². The van der Waals surface area contributed by atoms with Crippen molar-refractivity contribution < 1.29 is 22.4 Å². The lowest BCUT2D eigenvalue weighted by Gasteiger charge is -2.15. The number of aryl methyl sites for hydroxylation is 2. The van der Waals surface area contributed by atoms with E-state index in [1.54, 1.807) is 32.9 Å². The largest absolute Gasteiger partial charge is 0.496 e. The lowest BCUT2D eigenvalue weighted by atomic mass is 10.2. The maximum atomic E-state index is 12.5. The SMILES string of the molecule is COc1ccc(NS(=O)(=O)c2c(C)noc2C)c(OC)c1C. The molecule has 0 fully saturated rings. The van der Waals surface area contributed by atoms with Gasteiger partial charge >= 0.3 is 0 Å². The molecule has 7 nitrogen and oxygen atoms in total. The third kappa shape index (κ3) is 2.74. The van der Waals surface area contributed by atoms with Crippen LogP contribution in [0.1, 0.15) is 17.0 Å². The normalized spacial score (nSPS) is 11.3. The molecular formula is C14H18N2O5S. The first-order valence-electron chi connectivity index (χ1n) is 6.49. The van der Waals surface area contributed by atoms with E-state index < -0.39 is 10.0 Å². The van der Waals surface area contributed by atoms with Gasteiger partial charge in [0.15, 0.2) is 10.7 Å². The average molecular weight is 326 g/mol. The molecule has 0 radical (unpaired) electrons. The average Bonchev–Trinajstić information content (AvgIpc) is 2.79. The summed E-state index contributed by atoms with van der Waals surface area (Å²) in [6, 6.07) is 3.25. The summed E-state index contributed by atoms with van der Waals surface area (Å²) in [5.41, 5.74) is 1.32. The van der Waals surface area contributed by atoms with Crippen molar-refractivity contribution in [2.75, 3.05) is 18.9 Å². The summed E-state index contributed by atoms with van der Waals surface area (Å²) in [7, 11) is -0.822. The minimum absolute atomic E-state index is 0.0306. The second kappa shape index (κ2) is 5.88. The van der Waals surface area contributed by atoms with Gasteiger partial charge in [-0.15, -0.1) is 0 Å². The molecule has 0 aliphatic rings. The first-order chi connectivity index (χ1) is 10.3. The van der Waals surface area contributed by atoms with Crippen LogP contribution < -0.4 is 14.2 Å². The molecule has 22 heavy (non-hydrogen) atoms. The zero-order chi connectivity index (χ0) is 16.5. The summed E-state index contributed by atoms with van der Waals surface area (Å²) < 4.78 is 43.0. The van der Waals surface area contributed by atoms with Gasteiger partial charge in [0.2, 0.25) is 0 Å². The lowest BCUT2D eigenvalue weighted by Crippen LogP contribution is -2.15. The lowest BCUT2D eigenvalue weighted by molar-refractivity contribution is 0.390. The summed E-state index contributed by atoms with van der Waals surface area (Å²) in [6.07, 6.45) is 0. The van der Waals surface area contributed by atoms with Gasteiger partial charge in [0.1, 0.15) is 17.2 Å². The zero-order valence-corrected chi connectivity index (χ0v) is 13.9. The van der Waals surface area contributed by atoms with Crippen molar-refractivity contribution in [2.24, 2.45) is 0 Å². The molecule has 1 N–H and O–H groups in total. The Balaban J connectivity index is 2.49. The summed E-state index contributed by atoms with van der Waals surface area (Å²) in [4.78, 5) is 0.0306. The summed E-state index contributed by atoms with van der Waals surface area (Å²) in [5.74, 6) is 1.24. The zero-order valence-electron chi connectivity index (χ0n) is 13.1. The number of sulfonamides is 1. The van der Waals surface area contributed by atoms with Crippen LogP contribution >= 0.6 is 0 Å². The molecule has 0 unspecified atom stereocenters. The first kappa shape index (κ1) is 16.2. The molecule has 0 saturated carbocycles. The van der Waals surface area contributed by atoms with Crippen molar-refractivity contribution in [3.8, 4) is 11.5 Å². The predicted octanol–water partition coefficient (Wildman–Crippen LogP) is 2.42. The smallest absolute Gasteiger partial charge is 0.267 e. The Morgan fingerprint density at radius 2 is 1.82 bits per heavy atom. The maximum Gasteiger partial charge on any atom is 0.267 e. The number of aromatic nitrogens is 1. The number of nitrogens with one attached hydrogen (secondary N) is 1. The molecule has 0 aliphatic heterocycles. The van der Waals surface area contributed by atoms with Crippen LogP contribution in [-0.4, -0.2) is 27.8 Å². The summed E-state index contributed by atoms with van der Waals surface area (Å²) in [5, 5.41) is 3.67. The topological polar surface area (TPSA) is 90.7 Å². The summed E-state index contributed by atoms with van der Waals surface area (Å²) in [6.45, 7) is 4.90. The van der Waals surface area contributed by atoms with Gasteiger partial charge in [-0.25, -0.2) is 8.42 Å². The summed E-state index contributed by atoms with van der Waals surface area (Å²) >= 11 is 0. The van der Waals surface area contributed by atoms with E-state index in [9.17, 15) is 8.42 Å². The number of nitrogens with zero attached hydrogens (tertiary/aromatic N) is 1. The van der Waals surface area contributed by atoms with Crippen LogP contribution in [0.25, 0.3) is 0 Å². The Bertz CT molecular complexity index is 776. The highest BCUT2D eigenvalue weighted by Crippen LogP contribution is 2.36. The molecule has 120 valence electrons. The molecular weight excluding hydrogens is 308 g/mol. The Kier molecular flexibility index (Phi) is 4.32. The Labute approximate surface area is 129 Å². The van der Waals surface area contributed by atoms with E-state index in [0.29, 0.717) is 28.4 Å². The van der Waals surface area contributed by atoms with E-state index in [4.69, 9.17) is 14.0 Å². The van der Waals surface area contributed by atoms with Gasteiger partial charge in [0, 0.05) is 5.56 Å². The Morgan fingerprint density at radius 3 is 2.32 bits per heavy atom. The number of hydrogen-bond donors (Lipinski definition) is 1. The van der Waals surface area contributed by atoms with Gasteiger partial charge < -0.3 is 14.0 Å². The maximum absolute atomic E-state index is 12.5. The molecule has 0 bridgehead atoms. The highest BCUT2D eigenvalue weighted by atomic mass is 32.2. The van der Waals surface area contributed by atoms with Crippen LogP contribution in [0, 0.1) is 20.8 Å². The van der Waals surface area contributed by atoms with E-state index in [0.717, 1.165) is 0 Å². The number of hydrogen-bond acceptors (Lipinski definition) is 6. The molecule has 1 heterocycles. The molecule has 0 atom stereocenters. The van der Waals surface area contributed by atoms with E-state index in [-0.39, 0.29) is 10.7 Å². The number of methoxy groups -OCH3 is 2. The first-order valence-corrected chi connectivity index (χ1v) is 7.97. The van der Waals surface area contributed by atoms with E-state index >= 15 is 0 Å². The van der Waals surface area contributed by atoms with Crippen molar-refractivity contribution in [3.05, 3.63) is 29.2 Å². The third-order valence-corrected chi connectivity index (χ3v) is 4.87. The molecule has 0 amide bonds. The van der Waals surface area contributed by atoms with Crippen molar-refractivity contribution >= 4 is 15.7 Å². The number of anilines is 1. The molecule has 2 rings (SSSR count). The standard InChI is InChI=1S/C14H18N2O5S/c1-8-12(19-4)7-6-11(13(8)20-5)16-22(17,18)14-9(2)15-21-10(14)3/h6-7,16H,1-5H3. The van der Waals surface area contributed by atoms with Crippen LogP contribution in [0.3, 0.4) is 0 Å². The molecule has 1 aromatic heterocycles. The van der Waals surface area contributed by atoms with Crippen LogP contribution in [0.15, 0.2) is 21.6 Å². The fraction of sp³-hybridized carbons (Fsp3) is 0.357. The monoisotopic (exact) mass is 326 g/mol. The molecule has 2 aromatic rings. The molecule has 0 saturated heterocycles. The van der Waals surface area contributed by atoms with E-state index in [1.165, 1.54) is 14.2 Å². The minimum Gasteiger partial charge on any atom is -0.496 e. The van der Waals surface area contributed by atoms with Gasteiger partial charge in [0.25, 0.3) is 10.0 Å². The minimum atomic E-state index is -3.83.